The minimum absolute atomic E-state index is 0.00926. The van der Waals surface area contributed by atoms with Crippen LogP contribution in [0.3, 0.4) is 0 Å². The second-order valence-corrected chi connectivity index (χ2v) is 0.676. The fourth-order valence-corrected chi connectivity index (χ4v) is 0. The Kier molecular flexibility index (Phi) is 3.76. The first-order chi connectivity index (χ1) is 1.91. The third-order valence-corrected chi connectivity index (χ3v) is 0.154. The van der Waals surface area contributed by atoms with Crippen molar-refractivity contribution in [3.63, 3.8) is 0 Å². The van der Waals surface area contributed by atoms with Crippen molar-refractivity contribution in [1.29, 1.82) is 0 Å². The summed E-state index contributed by atoms with van der Waals surface area (Å²) < 4.78 is 10.5. The van der Waals surface area contributed by atoms with Crippen molar-refractivity contribution in [3.8, 4) is 0 Å². The van der Waals surface area contributed by atoms with Gasteiger partial charge < -0.3 is 0 Å². The summed E-state index contributed by atoms with van der Waals surface area (Å²) in [4.78, 5) is 0. The lowest BCUT2D eigenvalue weighted by molar-refractivity contribution is 0.952. The van der Waals surface area contributed by atoms with Gasteiger partial charge in [0.15, 0.2) is 6.45 Å². The maximum absolute atomic E-state index is 10.5. The summed E-state index contributed by atoms with van der Waals surface area (Å²) in [6.45, 7) is 0. The molecule has 0 N–H and O–H groups in total. The molecule has 4 heavy (non-hydrogen) atoms. The monoisotopic (exact) mass is 73.0 g/mol. The third-order valence-electron chi connectivity index (χ3n) is 0.0514. The van der Waals surface area contributed by atoms with E-state index in [0.717, 1.165) is 6.45 Å². The summed E-state index contributed by atoms with van der Waals surface area (Å²) in [5.41, 5.74) is 0. The summed E-state index contributed by atoms with van der Waals surface area (Å²) in [7, 11) is 4.49. The molecule has 3 radical (unpaired) electrons. The van der Waals surface area contributed by atoms with Gasteiger partial charge in [0.05, 0.1) is 0 Å². The van der Waals surface area contributed by atoms with E-state index in [1.807, 2.05) is 0 Å². The molecule has 0 fully saturated rings. The first-order valence-corrected chi connectivity index (χ1v) is 1.50. The van der Waals surface area contributed by atoms with Crippen molar-refractivity contribution in [2.24, 2.45) is 0 Å². The van der Waals surface area contributed by atoms with Crippen LogP contribution in [0.1, 0.15) is 0 Å². The molecule has 0 amide bonds. The molecule has 0 rings (SSSR count). The molecular formula is B2FS. The van der Waals surface area contributed by atoms with Gasteiger partial charge in [-0.25, -0.2) is 0 Å². The average molecular weight is 72.7 g/mol. The third kappa shape index (κ3) is 2.41. The quantitative estimate of drug-likeness (QED) is 0.402. The molecule has 0 spiro atoms. The molecule has 0 heterocycles. The lowest BCUT2D eigenvalue weighted by Crippen LogP contribution is -1.68. The first-order valence-electron chi connectivity index (χ1n) is 0.723. The molecule has 0 aliphatic carbocycles. The van der Waals surface area contributed by atoms with Gasteiger partial charge in [0.1, 0.15) is 0 Å². The topological polar surface area (TPSA) is 0 Å². The minimum atomic E-state index is 0.00926. The van der Waals surface area contributed by atoms with Gasteiger partial charge in [-0.1, -0.05) is 0 Å². The first kappa shape index (κ1) is 4.41. The Balaban J connectivity index is 1.97. The Hall–Kier alpha value is 0.410. The van der Waals surface area contributed by atoms with Crippen molar-refractivity contribution in [3.05, 3.63) is 0 Å². The van der Waals surface area contributed by atoms with Crippen LogP contribution in [0, 0.1) is 0 Å². The van der Waals surface area contributed by atoms with Crippen LogP contribution < -0.4 is 0 Å². The standard InChI is InChI=1S/B2FS/c1-2-4-3. The van der Waals surface area contributed by atoms with Gasteiger partial charge >= 0.3 is 0 Å². The van der Waals surface area contributed by atoms with E-state index in [1.54, 1.807) is 0 Å². The van der Waals surface area contributed by atoms with E-state index in [1.165, 1.54) is 0 Å². The number of halogens is 1. The summed E-state index contributed by atoms with van der Waals surface area (Å²) in [6, 6.07) is 0. The molecule has 0 bridgehead atoms. The molecular weight excluding hydrogens is 72.7 g/mol. The van der Waals surface area contributed by atoms with E-state index in [2.05, 4.69) is 7.74 Å². The van der Waals surface area contributed by atoms with Crippen LogP contribution in [0.2, 0.25) is 0 Å². The van der Waals surface area contributed by atoms with Crippen LogP contribution in [-0.4, -0.2) is 14.2 Å². The Morgan fingerprint density at radius 3 is 2.25 bits per heavy atom. The molecule has 0 saturated carbocycles. The molecule has 0 unspecified atom stereocenters. The fourth-order valence-electron chi connectivity index (χ4n) is 0. The zero-order valence-electron chi connectivity index (χ0n) is 1.94. The van der Waals surface area contributed by atoms with Crippen molar-refractivity contribution in [2.75, 3.05) is 0 Å². The molecule has 0 aromatic carbocycles. The maximum atomic E-state index is 10.5. The van der Waals surface area contributed by atoms with E-state index in [4.69, 9.17) is 0 Å². The summed E-state index contributed by atoms with van der Waals surface area (Å²) in [5.74, 6) is 0. The van der Waals surface area contributed by atoms with Gasteiger partial charge in [-0.05, 0) is 12.0 Å². The van der Waals surface area contributed by atoms with Crippen LogP contribution in [0.5, 0.6) is 0 Å². The Morgan fingerprint density at radius 2 is 2.25 bits per heavy atom. The Morgan fingerprint density at radius 1 is 2.00 bits per heavy atom. The van der Waals surface area contributed by atoms with Gasteiger partial charge in [-0.2, -0.15) is 3.89 Å². The Labute approximate surface area is 31.0 Å². The highest BCUT2D eigenvalue weighted by Crippen LogP contribution is 1.88. The molecule has 0 aliphatic rings. The van der Waals surface area contributed by atoms with Crippen LogP contribution in [0.25, 0.3) is 0 Å². The normalized spacial score (nSPS) is 6.25. The second kappa shape index (κ2) is 3.41. The van der Waals surface area contributed by atoms with Crippen LogP contribution in [0.15, 0.2) is 0 Å². The lowest BCUT2D eigenvalue weighted by Gasteiger charge is -1.60. The molecule has 19 valence electrons. The minimum Gasteiger partial charge on any atom is -0.180 e. The Bertz CT molecular complexity index is 8.00. The smallest absolute Gasteiger partial charge is 0.180 e. The van der Waals surface area contributed by atoms with Gasteiger partial charge in [-0.3, -0.25) is 0 Å². The predicted molar refractivity (Wildman–Crippen MR) is 20.2 cm³/mol. The molecule has 0 saturated heterocycles. The molecule has 0 aliphatic heterocycles. The highest BCUT2D eigenvalue weighted by molar-refractivity contribution is 8.22. The van der Waals surface area contributed by atoms with Crippen molar-refractivity contribution < 1.29 is 3.89 Å². The molecule has 0 atom stereocenters. The lowest BCUT2D eigenvalue weighted by atomic mass is 9.79. The van der Waals surface area contributed by atoms with Crippen molar-refractivity contribution in [1.82, 2.24) is 0 Å². The summed E-state index contributed by atoms with van der Waals surface area (Å²) in [6.07, 6.45) is 0.875. The number of rotatable bonds is 1. The maximum Gasteiger partial charge on any atom is 0.180 e. The highest BCUT2D eigenvalue weighted by atomic mass is 32.2. The highest BCUT2D eigenvalue weighted by Gasteiger charge is 1.66. The van der Waals surface area contributed by atoms with E-state index in [9.17, 15) is 3.89 Å². The van der Waals surface area contributed by atoms with E-state index in [-0.39, 0.29) is 12.0 Å². The van der Waals surface area contributed by atoms with Crippen molar-refractivity contribution >= 4 is 26.2 Å². The van der Waals surface area contributed by atoms with Crippen LogP contribution >= 0.6 is 12.0 Å². The fraction of sp³-hybridized carbons (Fsp3) is 0. The number of hydrogen-bond donors (Lipinski definition) is 0. The zero-order chi connectivity index (χ0) is 3.41. The van der Waals surface area contributed by atoms with Gasteiger partial charge in [-0.15, -0.1) is 0 Å². The van der Waals surface area contributed by atoms with E-state index >= 15 is 0 Å². The van der Waals surface area contributed by atoms with Gasteiger partial charge in [0.25, 0.3) is 0 Å². The summed E-state index contributed by atoms with van der Waals surface area (Å²) in [5, 5.41) is 0. The molecule has 0 nitrogen and oxygen atoms in total. The van der Waals surface area contributed by atoms with E-state index < -0.39 is 0 Å². The van der Waals surface area contributed by atoms with Gasteiger partial charge in [0.2, 0.25) is 0 Å². The zero-order valence-corrected chi connectivity index (χ0v) is 2.76. The number of hydrogen-bond acceptors (Lipinski definition) is 1. The summed E-state index contributed by atoms with van der Waals surface area (Å²) >= 11 is 0.00926. The second-order valence-electron chi connectivity index (χ2n) is 0.225. The van der Waals surface area contributed by atoms with Crippen molar-refractivity contribution in [2.45, 2.75) is 0 Å². The molecule has 0 aromatic heterocycles. The van der Waals surface area contributed by atoms with Crippen LogP contribution in [-0.2, 0) is 0 Å². The van der Waals surface area contributed by atoms with E-state index in [0.29, 0.717) is 0 Å². The van der Waals surface area contributed by atoms with Crippen LogP contribution in [0.4, 0.5) is 3.89 Å². The largest absolute Gasteiger partial charge is 0.180 e. The van der Waals surface area contributed by atoms with Gasteiger partial charge in [0, 0.05) is 7.74 Å². The molecule has 0 aromatic rings. The molecule has 4 heteroatoms. The average Bonchev–Trinajstić information content (AvgIpc) is 1.37. The predicted octanol–water partition coefficient (Wildman–Crippen LogP) is 0.307. The SMILES string of the molecule is [B][B]SF.